The Bertz CT molecular complexity index is 1110. The van der Waals surface area contributed by atoms with Crippen LogP contribution in [0.1, 0.15) is 6.42 Å². The predicted molar refractivity (Wildman–Crippen MR) is 108 cm³/mol. The summed E-state index contributed by atoms with van der Waals surface area (Å²) in [5.74, 6) is -0.701. The molecule has 0 spiro atoms. The number of carbonyl (C=O) groups excluding carboxylic acids is 2. The van der Waals surface area contributed by atoms with Crippen molar-refractivity contribution < 1.29 is 19.2 Å². The molecule has 1 atom stereocenters. The van der Waals surface area contributed by atoms with Gasteiger partial charge < -0.3 is 9.64 Å². The first kappa shape index (κ1) is 19.9. The van der Waals surface area contributed by atoms with Gasteiger partial charge in [-0.1, -0.05) is 0 Å². The maximum absolute atomic E-state index is 12.6. The molecule has 0 saturated carbocycles. The van der Waals surface area contributed by atoms with E-state index in [2.05, 4.69) is 15.4 Å². The Kier molecular flexibility index (Phi) is 5.42. The minimum absolute atomic E-state index is 0.00224. The number of non-ortho nitro benzene ring substituents is 1. The number of hydrogen-bond donors (Lipinski definition) is 1. The van der Waals surface area contributed by atoms with Crippen molar-refractivity contribution in [2.24, 2.45) is 5.92 Å². The molecule has 30 heavy (non-hydrogen) atoms. The molecule has 3 heterocycles. The summed E-state index contributed by atoms with van der Waals surface area (Å²) < 4.78 is 6.56. The number of aromatic nitrogens is 3. The lowest BCUT2D eigenvalue weighted by atomic mass is 10.1. The van der Waals surface area contributed by atoms with Crippen molar-refractivity contribution in [3.8, 4) is 11.3 Å². The third-order valence-corrected chi connectivity index (χ3v) is 5.66. The summed E-state index contributed by atoms with van der Waals surface area (Å²) in [5, 5.41) is 19.7. The third kappa shape index (κ3) is 3.86. The number of ether oxygens (including phenoxy) is 1. The first-order valence-corrected chi connectivity index (χ1v) is 10.0. The lowest BCUT2D eigenvalue weighted by Gasteiger charge is -2.15. The molecule has 3 aromatic rings. The number of carbonyl (C=O) groups is 2. The van der Waals surface area contributed by atoms with Crippen molar-refractivity contribution in [1.29, 1.82) is 0 Å². The van der Waals surface area contributed by atoms with E-state index in [1.807, 2.05) is 5.38 Å². The molecule has 1 saturated heterocycles. The minimum atomic E-state index is -0.468. The van der Waals surface area contributed by atoms with Gasteiger partial charge in [0.15, 0.2) is 0 Å². The largest absolute Gasteiger partial charge is 0.383 e. The summed E-state index contributed by atoms with van der Waals surface area (Å²) in [5.41, 5.74) is 1.45. The molecule has 2 amide bonds. The van der Waals surface area contributed by atoms with Crippen LogP contribution >= 0.6 is 11.3 Å². The zero-order valence-corrected chi connectivity index (χ0v) is 16.8. The predicted octanol–water partition coefficient (Wildman–Crippen LogP) is 1.80. The molecule has 1 fully saturated rings. The topological polar surface area (TPSA) is 132 Å². The number of benzene rings is 1. The van der Waals surface area contributed by atoms with E-state index in [0.717, 1.165) is 5.56 Å². The second-order valence-corrected chi connectivity index (χ2v) is 7.61. The lowest BCUT2D eigenvalue weighted by molar-refractivity contribution is -0.384. The molecule has 12 heteroatoms. The zero-order valence-electron chi connectivity index (χ0n) is 16.0. The van der Waals surface area contributed by atoms with Gasteiger partial charge in [-0.2, -0.15) is 4.98 Å². The van der Waals surface area contributed by atoms with Gasteiger partial charge in [-0.05, 0) is 12.1 Å². The number of anilines is 1. The first-order valence-electron chi connectivity index (χ1n) is 9.13. The van der Waals surface area contributed by atoms with E-state index in [4.69, 9.17) is 4.74 Å². The molecule has 156 valence electrons. The van der Waals surface area contributed by atoms with Gasteiger partial charge in [0.1, 0.15) is 0 Å². The highest BCUT2D eigenvalue weighted by Gasteiger charge is 2.34. The highest BCUT2D eigenvalue weighted by molar-refractivity contribution is 7.15. The molecule has 11 nitrogen and oxygen atoms in total. The van der Waals surface area contributed by atoms with Crippen LogP contribution < -0.4 is 5.32 Å². The number of nitrogens with zero attached hydrogens (tertiary/aromatic N) is 5. The van der Waals surface area contributed by atoms with Gasteiger partial charge in [-0.25, -0.2) is 4.52 Å². The summed E-state index contributed by atoms with van der Waals surface area (Å²) in [7, 11) is 1.56. The summed E-state index contributed by atoms with van der Waals surface area (Å²) in [6.07, 6.45) is 0.145. The summed E-state index contributed by atoms with van der Waals surface area (Å²) in [4.78, 5) is 41.5. The Morgan fingerprint density at radius 1 is 1.40 bits per heavy atom. The lowest BCUT2D eigenvalue weighted by Crippen LogP contribution is -2.31. The molecule has 1 aliphatic rings. The van der Waals surface area contributed by atoms with Crippen LogP contribution in [0, 0.1) is 16.0 Å². The molecule has 0 radical (unpaired) electrons. The molecular formula is C18H18N6O5S. The quantitative estimate of drug-likeness (QED) is 0.446. The summed E-state index contributed by atoms with van der Waals surface area (Å²) >= 11 is 1.34. The molecule has 0 bridgehead atoms. The number of nitrogens with one attached hydrogen (secondary N) is 1. The molecule has 2 aromatic heterocycles. The minimum Gasteiger partial charge on any atom is -0.383 e. The van der Waals surface area contributed by atoms with Crippen LogP contribution in [0.25, 0.3) is 16.2 Å². The number of amides is 2. The van der Waals surface area contributed by atoms with Crippen molar-refractivity contribution in [2.75, 3.05) is 32.1 Å². The van der Waals surface area contributed by atoms with Crippen LogP contribution in [-0.2, 0) is 14.3 Å². The van der Waals surface area contributed by atoms with E-state index in [0.29, 0.717) is 30.4 Å². The number of nitro benzene ring substituents is 1. The fraction of sp³-hybridized carbons (Fsp3) is 0.333. The van der Waals surface area contributed by atoms with Crippen LogP contribution in [-0.4, -0.2) is 63.0 Å². The van der Waals surface area contributed by atoms with E-state index >= 15 is 0 Å². The number of hydrogen-bond acceptors (Lipinski definition) is 8. The number of rotatable bonds is 7. The number of methoxy groups -OCH3 is 1. The van der Waals surface area contributed by atoms with Gasteiger partial charge in [0.05, 0.1) is 23.1 Å². The molecule has 1 N–H and O–H groups in total. The Balaban J connectivity index is 1.48. The molecule has 1 aromatic carbocycles. The first-order chi connectivity index (χ1) is 14.5. The average Bonchev–Trinajstić information content (AvgIpc) is 3.40. The second-order valence-electron chi connectivity index (χ2n) is 6.78. The second kappa shape index (κ2) is 8.16. The van der Waals surface area contributed by atoms with Gasteiger partial charge in [0.25, 0.3) is 5.69 Å². The smallest absolute Gasteiger partial charge is 0.269 e. The van der Waals surface area contributed by atoms with Gasteiger partial charge >= 0.3 is 0 Å². The third-order valence-electron chi connectivity index (χ3n) is 4.84. The SMILES string of the molecule is COCCN1CC(C(=O)Nc2nc3scc(-c4ccc([N+](=O)[O-])cc4)n3n2)CC1=O. The number of fused-ring (bicyclic) bond motifs is 1. The van der Waals surface area contributed by atoms with E-state index < -0.39 is 10.8 Å². The van der Waals surface area contributed by atoms with Crippen LogP contribution in [0.5, 0.6) is 0 Å². The van der Waals surface area contributed by atoms with Gasteiger partial charge in [0, 0.05) is 49.7 Å². The number of nitro groups is 1. The number of thiazole rings is 1. The molecule has 0 aliphatic carbocycles. The Hall–Kier alpha value is -3.38. The van der Waals surface area contributed by atoms with Crippen molar-refractivity contribution in [1.82, 2.24) is 19.5 Å². The Morgan fingerprint density at radius 3 is 2.87 bits per heavy atom. The van der Waals surface area contributed by atoms with Gasteiger partial charge in [-0.3, -0.25) is 25.0 Å². The maximum Gasteiger partial charge on any atom is 0.269 e. The highest BCUT2D eigenvalue weighted by atomic mass is 32.1. The van der Waals surface area contributed by atoms with Crippen LogP contribution in [0.4, 0.5) is 11.6 Å². The monoisotopic (exact) mass is 430 g/mol. The fourth-order valence-corrected chi connectivity index (χ4v) is 4.10. The highest BCUT2D eigenvalue weighted by Crippen LogP contribution is 2.27. The van der Waals surface area contributed by atoms with E-state index in [1.54, 1.807) is 28.7 Å². The molecular weight excluding hydrogens is 412 g/mol. The van der Waals surface area contributed by atoms with Crippen LogP contribution in [0.2, 0.25) is 0 Å². The van der Waals surface area contributed by atoms with Crippen molar-refractivity contribution in [3.63, 3.8) is 0 Å². The molecule has 1 unspecified atom stereocenters. The van der Waals surface area contributed by atoms with E-state index in [1.165, 1.54) is 23.5 Å². The van der Waals surface area contributed by atoms with Gasteiger partial charge in [0.2, 0.25) is 22.7 Å². The van der Waals surface area contributed by atoms with Gasteiger partial charge in [-0.15, -0.1) is 16.4 Å². The van der Waals surface area contributed by atoms with E-state index in [-0.39, 0.29) is 29.9 Å². The Labute approximate surface area is 174 Å². The normalized spacial score (nSPS) is 16.4. The van der Waals surface area contributed by atoms with E-state index in [9.17, 15) is 19.7 Å². The van der Waals surface area contributed by atoms with Crippen molar-refractivity contribution >= 4 is 39.7 Å². The number of likely N-dealkylation sites (tertiary alicyclic amines) is 1. The average molecular weight is 430 g/mol. The Morgan fingerprint density at radius 2 is 2.17 bits per heavy atom. The summed E-state index contributed by atoms with van der Waals surface area (Å²) in [6.45, 7) is 1.21. The molecule has 4 rings (SSSR count). The summed E-state index contributed by atoms with van der Waals surface area (Å²) in [6, 6.07) is 6.12. The zero-order chi connectivity index (χ0) is 21.3. The fourth-order valence-electron chi connectivity index (χ4n) is 3.26. The van der Waals surface area contributed by atoms with Crippen molar-refractivity contribution in [3.05, 3.63) is 39.8 Å². The van der Waals surface area contributed by atoms with Crippen LogP contribution in [0.3, 0.4) is 0 Å². The standard InChI is InChI=1S/C18H18N6O5S/c1-29-7-6-22-9-12(8-15(22)25)16(26)19-17-20-18-23(21-17)14(10-30-18)11-2-4-13(5-3-11)24(27)28/h2-5,10,12H,6-9H2,1H3,(H,19,21,26). The maximum atomic E-state index is 12.6. The van der Waals surface area contributed by atoms with Crippen LogP contribution in [0.15, 0.2) is 29.6 Å². The molecule has 1 aliphatic heterocycles. The van der Waals surface area contributed by atoms with Crippen molar-refractivity contribution in [2.45, 2.75) is 6.42 Å².